The largest absolute Gasteiger partial charge is 0.370 e. The Balaban J connectivity index is 0.00000144. The van der Waals surface area contributed by atoms with E-state index < -0.39 is 0 Å². The van der Waals surface area contributed by atoms with Gasteiger partial charge in [-0.2, -0.15) is 0 Å². The lowest BCUT2D eigenvalue weighted by molar-refractivity contribution is 0.964. The topological polar surface area (TPSA) is 64.4 Å². The van der Waals surface area contributed by atoms with Gasteiger partial charge in [-0.3, -0.25) is 4.99 Å². The Kier molecular flexibility index (Phi) is 5.21. The van der Waals surface area contributed by atoms with Gasteiger partial charge in [-0.15, -0.1) is 24.0 Å². The van der Waals surface area contributed by atoms with E-state index in [2.05, 4.69) is 35.3 Å². The zero-order valence-corrected chi connectivity index (χ0v) is 11.8. The Morgan fingerprint density at radius 2 is 1.71 bits per heavy atom. The lowest BCUT2D eigenvalue weighted by Gasteiger charge is -2.02. The molecule has 2 aromatic carbocycles. The van der Waals surface area contributed by atoms with E-state index in [1.54, 1.807) is 0 Å². The summed E-state index contributed by atoms with van der Waals surface area (Å²) in [5, 5.41) is 2.51. The van der Waals surface area contributed by atoms with E-state index in [4.69, 9.17) is 11.5 Å². The first-order valence-corrected chi connectivity index (χ1v) is 5.29. The summed E-state index contributed by atoms with van der Waals surface area (Å²) < 4.78 is 0. The van der Waals surface area contributed by atoms with Crippen LogP contribution in [0.15, 0.2) is 47.5 Å². The van der Waals surface area contributed by atoms with Crippen LogP contribution in [0.4, 0.5) is 0 Å². The van der Waals surface area contributed by atoms with Crippen LogP contribution in [0.5, 0.6) is 0 Å². The van der Waals surface area contributed by atoms with Gasteiger partial charge in [-0.1, -0.05) is 42.5 Å². The van der Waals surface area contributed by atoms with Gasteiger partial charge in [0.25, 0.3) is 0 Å². The van der Waals surface area contributed by atoms with Crippen molar-refractivity contribution in [3.63, 3.8) is 0 Å². The second kappa shape index (κ2) is 6.44. The number of fused-ring (bicyclic) bond motifs is 1. The molecule has 0 aliphatic heterocycles. The van der Waals surface area contributed by atoms with Crippen molar-refractivity contribution in [3.05, 3.63) is 48.0 Å². The summed E-state index contributed by atoms with van der Waals surface area (Å²) in [5.74, 6) is 0.154. The van der Waals surface area contributed by atoms with Crippen molar-refractivity contribution in [1.29, 1.82) is 0 Å². The number of rotatable bonds is 3. The molecule has 0 aliphatic rings. The van der Waals surface area contributed by atoms with Crippen LogP contribution >= 0.6 is 24.0 Å². The molecular weight excluding hydrogens is 325 g/mol. The molecule has 3 nitrogen and oxygen atoms in total. The fourth-order valence-corrected chi connectivity index (χ4v) is 1.71. The number of benzene rings is 2. The smallest absolute Gasteiger partial charge is 0.185 e. The van der Waals surface area contributed by atoms with Crippen LogP contribution in [0.25, 0.3) is 10.8 Å². The molecule has 0 spiro atoms. The number of guanidine groups is 1. The first kappa shape index (κ1) is 13.8. The van der Waals surface area contributed by atoms with Gasteiger partial charge in [0, 0.05) is 6.54 Å². The SMILES string of the molecule is I.NC(N)=NCCc1ccc2ccccc2c1. The number of nitrogens with two attached hydrogens (primary N) is 2. The molecule has 0 heterocycles. The lowest BCUT2D eigenvalue weighted by Crippen LogP contribution is -2.23. The Labute approximate surface area is 118 Å². The second-order valence-electron chi connectivity index (χ2n) is 3.74. The van der Waals surface area contributed by atoms with E-state index in [9.17, 15) is 0 Å². The number of hydrogen-bond donors (Lipinski definition) is 2. The van der Waals surface area contributed by atoms with E-state index in [0.29, 0.717) is 6.54 Å². The van der Waals surface area contributed by atoms with Crippen molar-refractivity contribution < 1.29 is 0 Å². The average molecular weight is 341 g/mol. The number of aliphatic imine (C=N–C) groups is 1. The van der Waals surface area contributed by atoms with Crippen molar-refractivity contribution in [2.45, 2.75) is 6.42 Å². The molecule has 0 atom stereocenters. The zero-order chi connectivity index (χ0) is 11.4. The minimum Gasteiger partial charge on any atom is -0.370 e. The molecule has 0 saturated carbocycles. The fourth-order valence-electron chi connectivity index (χ4n) is 1.71. The quantitative estimate of drug-likeness (QED) is 0.511. The van der Waals surface area contributed by atoms with Gasteiger partial charge in [0.1, 0.15) is 0 Å². The lowest BCUT2D eigenvalue weighted by atomic mass is 10.1. The first-order chi connectivity index (χ1) is 7.75. The molecule has 0 amide bonds. The molecule has 0 aliphatic carbocycles. The molecule has 0 unspecified atom stereocenters. The van der Waals surface area contributed by atoms with E-state index in [-0.39, 0.29) is 29.9 Å². The van der Waals surface area contributed by atoms with Crippen LogP contribution in [0, 0.1) is 0 Å². The van der Waals surface area contributed by atoms with Gasteiger partial charge in [0.05, 0.1) is 0 Å². The van der Waals surface area contributed by atoms with Crippen LogP contribution in [0.1, 0.15) is 5.56 Å². The highest BCUT2D eigenvalue weighted by Gasteiger charge is 1.95. The summed E-state index contributed by atoms with van der Waals surface area (Å²) in [6.45, 7) is 0.640. The van der Waals surface area contributed by atoms with E-state index in [0.717, 1.165) is 6.42 Å². The third kappa shape index (κ3) is 3.89. The maximum absolute atomic E-state index is 5.27. The molecule has 17 heavy (non-hydrogen) atoms. The Bertz CT molecular complexity index is 519. The zero-order valence-electron chi connectivity index (χ0n) is 9.47. The molecular formula is C13H16IN3. The van der Waals surface area contributed by atoms with Gasteiger partial charge < -0.3 is 11.5 Å². The molecule has 2 rings (SSSR count). The highest BCUT2D eigenvalue weighted by molar-refractivity contribution is 14.0. The Hall–Kier alpha value is -1.30. The van der Waals surface area contributed by atoms with Crippen molar-refractivity contribution >= 4 is 40.7 Å². The molecule has 0 aromatic heterocycles. The van der Waals surface area contributed by atoms with Crippen LogP contribution in [-0.4, -0.2) is 12.5 Å². The summed E-state index contributed by atoms with van der Waals surface area (Å²) >= 11 is 0. The minimum atomic E-state index is 0. The van der Waals surface area contributed by atoms with E-state index in [1.807, 2.05) is 12.1 Å². The molecule has 90 valence electrons. The van der Waals surface area contributed by atoms with Crippen molar-refractivity contribution in [2.24, 2.45) is 16.5 Å². The molecule has 4 N–H and O–H groups in total. The van der Waals surface area contributed by atoms with Gasteiger partial charge in [0.2, 0.25) is 0 Å². The Morgan fingerprint density at radius 1 is 1.00 bits per heavy atom. The summed E-state index contributed by atoms with van der Waals surface area (Å²) in [5.41, 5.74) is 11.8. The molecule has 0 saturated heterocycles. The predicted octanol–water partition coefficient (Wildman–Crippen LogP) is 2.27. The van der Waals surface area contributed by atoms with Crippen LogP contribution in [0.3, 0.4) is 0 Å². The number of nitrogens with zero attached hydrogens (tertiary/aromatic N) is 1. The van der Waals surface area contributed by atoms with Crippen molar-refractivity contribution in [1.82, 2.24) is 0 Å². The molecule has 0 radical (unpaired) electrons. The van der Waals surface area contributed by atoms with E-state index in [1.165, 1.54) is 16.3 Å². The monoisotopic (exact) mass is 341 g/mol. The average Bonchev–Trinajstić information content (AvgIpc) is 2.28. The van der Waals surface area contributed by atoms with Crippen molar-refractivity contribution in [3.8, 4) is 0 Å². The van der Waals surface area contributed by atoms with E-state index >= 15 is 0 Å². The third-order valence-corrected chi connectivity index (χ3v) is 2.51. The van der Waals surface area contributed by atoms with Crippen LogP contribution < -0.4 is 11.5 Å². The number of halogens is 1. The fraction of sp³-hybridized carbons (Fsp3) is 0.154. The predicted molar refractivity (Wildman–Crippen MR) is 83.7 cm³/mol. The highest BCUT2D eigenvalue weighted by Crippen LogP contribution is 2.15. The van der Waals surface area contributed by atoms with Gasteiger partial charge >= 0.3 is 0 Å². The first-order valence-electron chi connectivity index (χ1n) is 5.29. The summed E-state index contributed by atoms with van der Waals surface area (Å²) in [4.78, 5) is 3.97. The summed E-state index contributed by atoms with van der Waals surface area (Å²) in [7, 11) is 0. The third-order valence-electron chi connectivity index (χ3n) is 2.51. The van der Waals surface area contributed by atoms with Gasteiger partial charge in [-0.05, 0) is 22.8 Å². The molecule has 4 heteroatoms. The maximum Gasteiger partial charge on any atom is 0.185 e. The highest BCUT2D eigenvalue weighted by atomic mass is 127. The molecule has 2 aromatic rings. The standard InChI is InChI=1S/C13H15N3.HI/c14-13(15)16-8-7-10-5-6-11-3-1-2-4-12(11)9-10;/h1-6,9H,7-8H2,(H4,14,15,16);1H. The maximum atomic E-state index is 5.27. The number of hydrogen-bond acceptors (Lipinski definition) is 1. The summed E-state index contributed by atoms with van der Waals surface area (Å²) in [6, 6.07) is 14.7. The molecule has 0 bridgehead atoms. The van der Waals surface area contributed by atoms with Gasteiger partial charge in [-0.25, -0.2) is 0 Å². The second-order valence-corrected chi connectivity index (χ2v) is 3.74. The molecule has 0 fully saturated rings. The van der Waals surface area contributed by atoms with Gasteiger partial charge in [0.15, 0.2) is 5.96 Å². The van der Waals surface area contributed by atoms with Crippen LogP contribution in [-0.2, 0) is 6.42 Å². The Morgan fingerprint density at radius 3 is 2.41 bits per heavy atom. The normalized spacial score (nSPS) is 9.65. The van der Waals surface area contributed by atoms with Crippen LogP contribution in [0.2, 0.25) is 0 Å². The minimum absolute atomic E-state index is 0. The summed E-state index contributed by atoms with van der Waals surface area (Å²) in [6.07, 6.45) is 0.864. The van der Waals surface area contributed by atoms with Crippen molar-refractivity contribution in [2.75, 3.05) is 6.54 Å².